The van der Waals surface area contributed by atoms with E-state index in [1.54, 1.807) is 0 Å². The van der Waals surface area contributed by atoms with E-state index in [0.29, 0.717) is 0 Å². The zero-order valence-electron chi connectivity index (χ0n) is 41.5. The van der Waals surface area contributed by atoms with Gasteiger partial charge in [-0.15, -0.1) is 0 Å². The molecule has 0 N–H and O–H groups in total. The van der Waals surface area contributed by atoms with Gasteiger partial charge in [0, 0.05) is 44.4 Å². The van der Waals surface area contributed by atoms with E-state index in [2.05, 4.69) is 227 Å². The molecule has 0 unspecified atom stereocenters. The van der Waals surface area contributed by atoms with Gasteiger partial charge in [0.15, 0.2) is 0 Å². The van der Waals surface area contributed by atoms with Crippen LogP contribution in [0.3, 0.4) is 0 Å². The zero-order chi connectivity index (χ0) is 47.1. The summed E-state index contributed by atoms with van der Waals surface area (Å²) in [5.41, 5.74) is 23.4. The van der Waals surface area contributed by atoms with Gasteiger partial charge in [0.05, 0.1) is 11.4 Å². The monoisotopic (exact) mass is 876 g/mol. The third-order valence-corrected chi connectivity index (χ3v) is 14.5. The molecule has 0 radical (unpaired) electrons. The second-order valence-corrected chi connectivity index (χ2v) is 22.5. The summed E-state index contributed by atoms with van der Waals surface area (Å²) in [6.45, 7) is 29.7. The molecule has 334 valence electrons. The summed E-state index contributed by atoms with van der Waals surface area (Å²) in [7, 11) is 0. The van der Waals surface area contributed by atoms with Crippen molar-refractivity contribution in [1.82, 2.24) is 0 Å². The molecule has 0 spiro atoms. The average Bonchev–Trinajstić information content (AvgIpc) is 3.88. The molecule has 0 bridgehead atoms. The normalized spacial score (nSPS) is 13.7. The lowest BCUT2D eigenvalue weighted by molar-refractivity contribution is 0.588. The number of nitrogens with zero attached hydrogens (tertiary/aromatic N) is 2. The Balaban J connectivity index is 1.29. The van der Waals surface area contributed by atoms with E-state index in [1.807, 2.05) is 6.07 Å². The van der Waals surface area contributed by atoms with Crippen LogP contribution in [0.1, 0.15) is 101 Å². The third-order valence-electron chi connectivity index (χ3n) is 14.5. The summed E-state index contributed by atoms with van der Waals surface area (Å²) in [4.78, 5) is 5.07. The van der Waals surface area contributed by atoms with Crippen LogP contribution < -0.4 is 26.2 Å². The van der Waals surface area contributed by atoms with Crippen molar-refractivity contribution in [2.75, 3.05) is 9.80 Å². The first-order valence-electron chi connectivity index (χ1n) is 24.0. The maximum Gasteiger partial charge on any atom is 0.257 e. The molecule has 5 heteroatoms. The Kier molecular flexibility index (Phi) is 9.53. The Morgan fingerprint density at radius 1 is 0.448 bits per heavy atom. The number of fused-ring (bicyclic) bond motifs is 7. The summed E-state index contributed by atoms with van der Waals surface area (Å²) in [5.74, 6) is 1.74. The van der Waals surface area contributed by atoms with E-state index in [4.69, 9.17) is 8.83 Å². The Hall–Kier alpha value is -6.72. The predicted molar refractivity (Wildman–Crippen MR) is 286 cm³/mol. The molecule has 0 saturated heterocycles. The largest absolute Gasteiger partial charge is 0.456 e. The van der Waals surface area contributed by atoms with Gasteiger partial charge < -0.3 is 13.7 Å². The molecule has 2 aliphatic heterocycles. The van der Waals surface area contributed by atoms with Crippen molar-refractivity contribution in [1.29, 1.82) is 0 Å². The number of rotatable bonds is 4. The lowest BCUT2D eigenvalue weighted by Crippen LogP contribution is -2.61. The van der Waals surface area contributed by atoms with E-state index >= 15 is 0 Å². The van der Waals surface area contributed by atoms with Crippen molar-refractivity contribution in [2.24, 2.45) is 0 Å². The number of hydrogen-bond acceptors (Lipinski definition) is 4. The van der Waals surface area contributed by atoms with Crippen LogP contribution in [0.25, 0.3) is 44.4 Å². The van der Waals surface area contributed by atoms with Gasteiger partial charge in [-0.2, -0.15) is 0 Å². The lowest BCUT2D eigenvalue weighted by Gasteiger charge is -2.44. The van der Waals surface area contributed by atoms with Gasteiger partial charge in [-0.25, -0.2) is 0 Å². The fourth-order valence-corrected chi connectivity index (χ4v) is 11.0. The predicted octanol–water partition coefficient (Wildman–Crippen LogP) is 15.7. The van der Waals surface area contributed by atoms with Crippen molar-refractivity contribution in [3.8, 4) is 22.5 Å². The minimum Gasteiger partial charge on any atom is -0.456 e. The van der Waals surface area contributed by atoms with Crippen molar-refractivity contribution in [3.05, 3.63) is 172 Å². The van der Waals surface area contributed by atoms with Gasteiger partial charge in [-0.1, -0.05) is 141 Å². The summed E-state index contributed by atoms with van der Waals surface area (Å²) in [6, 6.07) is 49.9. The SMILES string of the molecule is Cc1cc2c3c(c1)N(c1c(C)cc(C(C)(C)C)cc1C)c1oc4ccc(C(C)(C)C)cc4c1B3c1cc(-c3cc4ccccc4o3)ccc1N2c1c(C)cc(C(C)(C)C)cc1-c1ccccc1. The molecule has 67 heavy (non-hydrogen) atoms. The Morgan fingerprint density at radius 2 is 1.06 bits per heavy atom. The summed E-state index contributed by atoms with van der Waals surface area (Å²) >= 11 is 0. The highest BCUT2D eigenvalue weighted by molar-refractivity contribution is 7.01. The van der Waals surface area contributed by atoms with Gasteiger partial charge in [0.2, 0.25) is 5.88 Å². The maximum absolute atomic E-state index is 7.34. The standard InChI is InChI=1S/C62H61BN2O2/c1-36-27-50-56-51(28-36)65(57-37(2)29-44(30-38(57)3)61(8,9)10)59-55(47-34-43(60(5,6)7)24-26-53(47)67-59)63(56)48-32-42(54-33-41-21-17-18-22-52(41)66-54)23-25-49(48)64(50)58-39(4)31-45(62(11,12)13)35-46(58)40-19-15-14-16-20-40/h14-35H,1-13H3. The topological polar surface area (TPSA) is 32.8 Å². The highest BCUT2D eigenvalue weighted by Crippen LogP contribution is 2.51. The maximum atomic E-state index is 7.34. The van der Waals surface area contributed by atoms with E-state index in [0.717, 1.165) is 50.5 Å². The molecule has 0 atom stereocenters. The fraction of sp³-hybridized carbons (Fsp3) is 0.258. The van der Waals surface area contributed by atoms with Crippen molar-refractivity contribution in [2.45, 2.75) is 106 Å². The zero-order valence-corrected chi connectivity index (χ0v) is 41.5. The van der Waals surface area contributed by atoms with Crippen molar-refractivity contribution in [3.63, 3.8) is 0 Å². The third kappa shape index (κ3) is 6.87. The fourth-order valence-electron chi connectivity index (χ4n) is 11.0. The van der Waals surface area contributed by atoms with E-state index in [9.17, 15) is 0 Å². The minimum atomic E-state index is -0.160. The molecule has 0 fully saturated rings. The summed E-state index contributed by atoms with van der Waals surface area (Å²) < 4.78 is 14.0. The van der Waals surface area contributed by atoms with Gasteiger partial charge in [0.25, 0.3) is 6.71 Å². The second kappa shape index (κ2) is 14.9. The van der Waals surface area contributed by atoms with Crippen LogP contribution in [0.2, 0.25) is 0 Å². The molecule has 0 saturated carbocycles. The smallest absolute Gasteiger partial charge is 0.257 e. The van der Waals surface area contributed by atoms with Gasteiger partial charge in [-0.05, 0) is 154 Å². The van der Waals surface area contributed by atoms with E-state index in [1.165, 1.54) is 83.5 Å². The summed E-state index contributed by atoms with van der Waals surface area (Å²) in [5, 5.41) is 2.25. The minimum absolute atomic E-state index is 0.00393. The molecule has 4 heterocycles. The molecule has 2 aliphatic rings. The van der Waals surface area contributed by atoms with Crippen molar-refractivity contribution < 1.29 is 8.83 Å². The highest BCUT2D eigenvalue weighted by atomic mass is 16.4. The van der Waals surface area contributed by atoms with Crippen LogP contribution in [-0.4, -0.2) is 6.71 Å². The first kappa shape index (κ1) is 42.9. The lowest BCUT2D eigenvalue weighted by atomic mass is 9.33. The number of benzene rings is 7. The molecular weight excluding hydrogens is 816 g/mol. The molecule has 4 nitrogen and oxygen atoms in total. The first-order valence-corrected chi connectivity index (χ1v) is 24.0. The van der Waals surface area contributed by atoms with Crippen LogP contribution in [-0.2, 0) is 16.2 Å². The van der Waals surface area contributed by atoms with Crippen LogP contribution >= 0.6 is 0 Å². The van der Waals surface area contributed by atoms with Crippen LogP contribution in [0.4, 0.5) is 34.3 Å². The molecule has 7 aromatic carbocycles. The second-order valence-electron chi connectivity index (χ2n) is 22.5. The molecule has 2 aromatic heterocycles. The number of para-hydroxylation sites is 1. The number of furan rings is 2. The van der Waals surface area contributed by atoms with Crippen molar-refractivity contribution >= 4 is 79.4 Å². The van der Waals surface area contributed by atoms with Gasteiger partial charge >= 0.3 is 0 Å². The van der Waals surface area contributed by atoms with Gasteiger partial charge in [0.1, 0.15) is 16.9 Å². The molecule has 11 rings (SSSR count). The Bertz CT molecular complexity index is 3420. The quantitative estimate of drug-likeness (QED) is 0.165. The molecule has 9 aromatic rings. The number of hydrogen-bond donors (Lipinski definition) is 0. The molecule has 0 aliphatic carbocycles. The first-order chi connectivity index (χ1) is 31.8. The highest BCUT2D eigenvalue weighted by Gasteiger charge is 2.47. The van der Waals surface area contributed by atoms with Gasteiger partial charge in [-0.3, -0.25) is 4.90 Å². The van der Waals surface area contributed by atoms with Crippen LogP contribution in [0.5, 0.6) is 0 Å². The number of anilines is 6. The Morgan fingerprint density at radius 3 is 1.72 bits per heavy atom. The van der Waals surface area contributed by atoms with E-state index in [-0.39, 0.29) is 23.0 Å². The average molecular weight is 877 g/mol. The molecular formula is C62H61BN2O2. The van der Waals surface area contributed by atoms with Crippen LogP contribution in [0, 0.1) is 27.7 Å². The van der Waals surface area contributed by atoms with Crippen LogP contribution in [0.15, 0.2) is 142 Å². The van der Waals surface area contributed by atoms with E-state index < -0.39 is 0 Å². The summed E-state index contributed by atoms with van der Waals surface area (Å²) in [6.07, 6.45) is 0. The molecule has 0 amide bonds. The Labute approximate surface area is 397 Å². The number of aryl methyl sites for hydroxylation is 4.